The molecule has 0 amide bonds. The summed E-state index contributed by atoms with van der Waals surface area (Å²) in [5.41, 5.74) is 0. The van der Waals surface area contributed by atoms with Crippen molar-refractivity contribution in [2.75, 3.05) is 109 Å². The van der Waals surface area contributed by atoms with Gasteiger partial charge in [0.15, 0.2) is 37.7 Å². The Hall–Kier alpha value is 1.62. The summed E-state index contributed by atoms with van der Waals surface area (Å²) in [4.78, 5) is 0. The van der Waals surface area contributed by atoms with Crippen LogP contribution in [0.1, 0.15) is 0 Å². The fraction of sp³-hybridized carbons (Fsp3) is 1.00. The van der Waals surface area contributed by atoms with Gasteiger partial charge < -0.3 is 56.8 Å². The lowest BCUT2D eigenvalue weighted by atomic mass is 10.2. The maximum Gasteiger partial charge on any atom is 0.167 e. The van der Waals surface area contributed by atoms with E-state index in [0.29, 0.717) is 39.6 Å². The number of ether oxygens (including phenoxy) is 12. The normalized spacial score (nSPS) is 45.0. The summed E-state index contributed by atoms with van der Waals surface area (Å²) < 4.78 is 73.0. The van der Waals surface area contributed by atoms with E-state index in [0.717, 1.165) is 69.0 Å². The van der Waals surface area contributed by atoms with Crippen LogP contribution >= 0.6 is 70.6 Å². The second-order valence-corrected chi connectivity index (χ2v) is 19.0. The molecule has 12 atom stereocenters. The zero-order valence-electron chi connectivity index (χ0n) is 27.0. The standard InChI is InChI=1S/C30H48O12S6/c1-2-44-14-26-32-9-22-21(38-26)10-34-28(40-22)16-46-5-6-48-18-30-36-12-23-24(42-30)11-35-29(41-23)17-47-4-3-45-15-27-33-8-19-20(39-27)7-31-25(37-19)13-43-1/h19-30H,1-18H2/t19-,20-,21-,22-,23+,24+,25-,26+,27-,28+,29+,30+/m0/s1. The van der Waals surface area contributed by atoms with Crippen molar-refractivity contribution in [1.82, 2.24) is 0 Å². The van der Waals surface area contributed by atoms with Gasteiger partial charge >= 0.3 is 0 Å². The van der Waals surface area contributed by atoms with E-state index < -0.39 is 0 Å². The van der Waals surface area contributed by atoms with E-state index in [2.05, 4.69) is 0 Å². The molecule has 11 heterocycles. The number of thioether (sulfide) groups is 6. The van der Waals surface area contributed by atoms with Crippen LogP contribution in [0.15, 0.2) is 0 Å². The van der Waals surface area contributed by atoms with Crippen LogP contribution in [0.2, 0.25) is 0 Å². The Morgan fingerprint density at radius 2 is 0.417 bits per heavy atom. The molecule has 0 aromatic carbocycles. The van der Waals surface area contributed by atoms with E-state index in [-0.39, 0.29) is 74.4 Å². The van der Waals surface area contributed by atoms with E-state index in [1.165, 1.54) is 0 Å². The second-order valence-electron chi connectivity index (χ2n) is 12.1. The molecule has 0 aromatic heterocycles. The molecule has 11 aliphatic heterocycles. The predicted octanol–water partition coefficient (Wildman–Crippen LogP) is 2.85. The van der Waals surface area contributed by atoms with Crippen LogP contribution in [0.4, 0.5) is 0 Å². The molecular weight excluding hydrogens is 745 g/mol. The van der Waals surface area contributed by atoms with Crippen LogP contribution in [0, 0.1) is 0 Å². The monoisotopic (exact) mass is 792 g/mol. The Bertz CT molecular complexity index is 765. The molecule has 18 heteroatoms. The maximum absolute atomic E-state index is 6.17. The molecule has 11 saturated heterocycles. The highest BCUT2D eigenvalue weighted by Gasteiger charge is 2.41. The first-order valence-electron chi connectivity index (χ1n) is 16.8. The molecule has 48 heavy (non-hydrogen) atoms. The van der Waals surface area contributed by atoms with Crippen molar-refractivity contribution >= 4 is 70.6 Å². The van der Waals surface area contributed by atoms with Gasteiger partial charge in [-0.05, 0) is 0 Å². The number of fused-ring (bicyclic) bond motifs is 3. The van der Waals surface area contributed by atoms with Gasteiger partial charge in [-0.2, -0.15) is 70.6 Å². The van der Waals surface area contributed by atoms with Crippen LogP contribution in [0.25, 0.3) is 0 Å². The average molecular weight is 793 g/mol. The molecule has 0 unspecified atom stereocenters. The predicted molar refractivity (Wildman–Crippen MR) is 192 cm³/mol. The van der Waals surface area contributed by atoms with E-state index in [1.807, 2.05) is 70.6 Å². The zero-order valence-corrected chi connectivity index (χ0v) is 31.9. The van der Waals surface area contributed by atoms with Crippen LogP contribution in [0.3, 0.4) is 0 Å². The molecule has 0 aliphatic carbocycles. The van der Waals surface area contributed by atoms with E-state index >= 15 is 0 Å². The Morgan fingerprint density at radius 3 is 0.583 bits per heavy atom. The number of hydrogen-bond acceptors (Lipinski definition) is 18. The summed E-state index contributed by atoms with van der Waals surface area (Å²) in [6.07, 6.45) is -1.92. The molecule has 12 bridgehead atoms. The van der Waals surface area contributed by atoms with Crippen LogP contribution < -0.4 is 0 Å². The summed E-state index contributed by atoms with van der Waals surface area (Å²) in [5, 5.41) is 0. The molecular formula is C30H48O12S6. The molecule has 0 N–H and O–H groups in total. The van der Waals surface area contributed by atoms with Gasteiger partial charge in [0.1, 0.15) is 36.6 Å². The van der Waals surface area contributed by atoms with E-state index in [9.17, 15) is 0 Å². The summed E-state index contributed by atoms with van der Waals surface area (Å²) in [6, 6.07) is 0. The topological polar surface area (TPSA) is 111 Å². The summed E-state index contributed by atoms with van der Waals surface area (Å²) in [5.74, 6) is 10.7. The lowest BCUT2D eigenvalue weighted by Gasteiger charge is -2.42. The highest BCUT2D eigenvalue weighted by Crippen LogP contribution is 2.30. The van der Waals surface area contributed by atoms with Crippen molar-refractivity contribution in [3.63, 3.8) is 0 Å². The van der Waals surface area contributed by atoms with Crippen molar-refractivity contribution in [1.29, 1.82) is 0 Å². The van der Waals surface area contributed by atoms with Gasteiger partial charge in [-0.15, -0.1) is 0 Å². The summed E-state index contributed by atoms with van der Waals surface area (Å²) >= 11 is 11.0. The van der Waals surface area contributed by atoms with E-state index in [4.69, 9.17) is 56.8 Å². The highest BCUT2D eigenvalue weighted by molar-refractivity contribution is 8.03. The SMILES string of the molecule is C1CSC[C@@H]2OC[C@H]3O[C@H](CSCCSC[C@H]4OC[C@@H]5O[C@@H](CSCCSC[C@@H]6OC[C@@H]7O[C@H](CS1)OC[C@@H]7O6)OC[C@@H]5O4)OC[C@H]3O2. The minimum atomic E-state index is -0.236. The maximum atomic E-state index is 6.17. The smallest absolute Gasteiger partial charge is 0.167 e. The average Bonchev–Trinajstić information content (AvgIpc) is 3.12. The van der Waals surface area contributed by atoms with Gasteiger partial charge in [-0.25, -0.2) is 0 Å². The molecule has 11 rings (SSSR count). The first-order valence-corrected chi connectivity index (χ1v) is 23.8. The molecule has 0 spiro atoms. The fourth-order valence-corrected chi connectivity index (χ4v) is 12.0. The number of rotatable bonds is 0. The molecule has 11 aliphatic rings. The molecule has 0 radical (unpaired) electrons. The minimum absolute atomic E-state index is 0.0849. The third-order valence-electron chi connectivity index (χ3n) is 8.52. The van der Waals surface area contributed by atoms with Crippen molar-refractivity contribution in [2.24, 2.45) is 0 Å². The second kappa shape index (κ2) is 20.3. The van der Waals surface area contributed by atoms with Crippen molar-refractivity contribution in [3.8, 4) is 0 Å². The fourth-order valence-electron chi connectivity index (χ4n) is 5.98. The van der Waals surface area contributed by atoms with Crippen LogP contribution in [-0.4, -0.2) is 183 Å². The lowest BCUT2D eigenvalue weighted by Crippen LogP contribution is -2.54. The molecule has 276 valence electrons. The van der Waals surface area contributed by atoms with Gasteiger partial charge in [0.25, 0.3) is 0 Å². The molecule has 11 fully saturated rings. The zero-order chi connectivity index (χ0) is 32.4. The summed E-state index contributed by atoms with van der Waals surface area (Å²) in [7, 11) is 0. The van der Waals surface area contributed by atoms with Gasteiger partial charge in [0.05, 0.1) is 39.6 Å². The molecule has 12 nitrogen and oxygen atoms in total. The lowest BCUT2D eigenvalue weighted by molar-refractivity contribution is -0.326. The highest BCUT2D eigenvalue weighted by atomic mass is 32.2. The molecule has 0 aromatic rings. The Kier molecular flexibility index (Phi) is 16.1. The van der Waals surface area contributed by atoms with Gasteiger partial charge in [-0.3, -0.25) is 0 Å². The van der Waals surface area contributed by atoms with Crippen molar-refractivity contribution in [2.45, 2.75) is 74.4 Å². The Labute approximate surface area is 308 Å². The first kappa shape index (κ1) is 37.9. The largest absolute Gasteiger partial charge is 0.349 e. The third kappa shape index (κ3) is 11.6. The van der Waals surface area contributed by atoms with E-state index in [1.54, 1.807) is 0 Å². The van der Waals surface area contributed by atoms with Crippen LogP contribution in [0.5, 0.6) is 0 Å². The first-order chi connectivity index (χ1) is 23.7. The number of hydrogen-bond donors (Lipinski definition) is 0. The summed E-state index contributed by atoms with van der Waals surface area (Å²) in [6.45, 7) is 3.22. The Morgan fingerprint density at radius 1 is 0.250 bits per heavy atom. The Balaban J connectivity index is 0.842. The van der Waals surface area contributed by atoms with Gasteiger partial charge in [0, 0.05) is 69.0 Å². The van der Waals surface area contributed by atoms with Crippen molar-refractivity contribution < 1.29 is 56.8 Å². The van der Waals surface area contributed by atoms with Crippen molar-refractivity contribution in [3.05, 3.63) is 0 Å². The molecule has 0 saturated carbocycles. The quantitative estimate of drug-likeness (QED) is 0.358. The van der Waals surface area contributed by atoms with Gasteiger partial charge in [0.2, 0.25) is 0 Å². The van der Waals surface area contributed by atoms with Crippen LogP contribution in [-0.2, 0) is 56.8 Å². The van der Waals surface area contributed by atoms with Gasteiger partial charge in [-0.1, -0.05) is 0 Å². The minimum Gasteiger partial charge on any atom is -0.349 e. The third-order valence-corrected chi connectivity index (χ3v) is 15.3.